The highest BCUT2D eigenvalue weighted by molar-refractivity contribution is 6.09. The van der Waals surface area contributed by atoms with Gasteiger partial charge in [0, 0.05) is 6.20 Å². The van der Waals surface area contributed by atoms with Gasteiger partial charge in [-0.1, -0.05) is 11.2 Å². The summed E-state index contributed by atoms with van der Waals surface area (Å²) in [5, 5.41) is 12.0. The first-order valence-corrected chi connectivity index (χ1v) is 3.19. The van der Waals surface area contributed by atoms with Crippen LogP contribution in [-0.2, 0) is 4.84 Å². The van der Waals surface area contributed by atoms with Crippen LogP contribution in [0.15, 0.2) is 29.6 Å². The first-order chi connectivity index (χ1) is 5.88. The Kier molecular flexibility index (Phi) is 2.79. The number of rotatable bonds is 2. The Balaban J connectivity index is 2.98. The maximum Gasteiger partial charge on any atom is 0.205 e. The van der Waals surface area contributed by atoms with E-state index in [1.165, 1.54) is 0 Å². The van der Waals surface area contributed by atoms with Crippen molar-refractivity contribution < 1.29 is 4.84 Å². The fourth-order valence-corrected chi connectivity index (χ4v) is 0.692. The summed E-state index contributed by atoms with van der Waals surface area (Å²) in [7, 11) is 3.03. The third kappa shape index (κ3) is 1.80. The number of aromatic nitrogens is 1. The van der Waals surface area contributed by atoms with Crippen LogP contribution in [0.5, 0.6) is 0 Å². The minimum absolute atomic E-state index is 0.116. The number of hydrogen-bond acceptors (Lipinski definition) is 4. The summed E-state index contributed by atoms with van der Waals surface area (Å²) in [4.78, 5) is 8.13. The quantitative estimate of drug-likeness (QED) is 0.481. The molecule has 1 radical (unpaired) electrons. The van der Waals surface area contributed by atoms with E-state index >= 15 is 0 Å². The Morgan fingerprint density at radius 2 is 2.50 bits per heavy atom. The fourth-order valence-electron chi connectivity index (χ4n) is 0.692. The summed E-state index contributed by atoms with van der Waals surface area (Å²) in [6.07, 6.45) is 1.57. The SMILES string of the molecule is [CH2]O/N=C(\C#N)c1ccccn1. The highest BCUT2D eigenvalue weighted by Gasteiger charge is 2.02. The molecule has 0 aliphatic heterocycles. The van der Waals surface area contributed by atoms with Gasteiger partial charge in [0.15, 0.2) is 7.11 Å². The Hall–Kier alpha value is -1.89. The van der Waals surface area contributed by atoms with Gasteiger partial charge in [-0.15, -0.1) is 0 Å². The predicted octanol–water partition coefficient (Wildman–Crippen LogP) is 1.12. The van der Waals surface area contributed by atoms with Crippen molar-refractivity contribution in [3.05, 3.63) is 37.2 Å². The zero-order valence-corrected chi connectivity index (χ0v) is 6.27. The van der Waals surface area contributed by atoms with Gasteiger partial charge >= 0.3 is 0 Å². The molecular weight excluding hydrogens is 154 g/mol. The summed E-state index contributed by atoms with van der Waals surface area (Å²) in [6, 6.07) is 7.03. The second-order valence-corrected chi connectivity index (χ2v) is 1.90. The lowest BCUT2D eigenvalue weighted by molar-refractivity contribution is 0.261. The zero-order chi connectivity index (χ0) is 8.81. The first kappa shape index (κ1) is 8.21. The molecule has 59 valence electrons. The van der Waals surface area contributed by atoms with Gasteiger partial charge in [-0.05, 0) is 12.1 Å². The largest absolute Gasteiger partial charge is 0.391 e. The monoisotopic (exact) mass is 160 g/mol. The van der Waals surface area contributed by atoms with Crippen molar-refractivity contribution in [1.29, 1.82) is 5.26 Å². The summed E-state index contributed by atoms with van der Waals surface area (Å²) in [5.41, 5.74) is 0.592. The minimum Gasteiger partial charge on any atom is -0.391 e. The molecule has 0 saturated carbocycles. The summed E-state index contributed by atoms with van der Waals surface area (Å²) in [5.74, 6) is 0. The third-order valence-corrected chi connectivity index (χ3v) is 1.17. The molecule has 0 unspecified atom stereocenters. The summed E-state index contributed by atoms with van der Waals surface area (Å²) in [6.45, 7) is 0. The molecule has 1 heterocycles. The average molecular weight is 160 g/mol. The molecule has 0 fully saturated rings. The predicted molar refractivity (Wildman–Crippen MR) is 42.8 cm³/mol. The smallest absolute Gasteiger partial charge is 0.205 e. The van der Waals surface area contributed by atoms with E-state index in [-0.39, 0.29) is 5.71 Å². The van der Waals surface area contributed by atoms with Crippen LogP contribution < -0.4 is 0 Å². The van der Waals surface area contributed by atoms with E-state index in [9.17, 15) is 0 Å². The van der Waals surface area contributed by atoms with Gasteiger partial charge in [-0.3, -0.25) is 4.98 Å². The van der Waals surface area contributed by atoms with Crippen LogP contribution >= 0.6 is 0 Å². The molecule has 0 saturated heterocycles. The number of pyridine rings is 1. The Bertz CT molecular complexity index is 313. The number of oxime groups is 1. The summed E-state index contributed by atoms with van der Waals surface area (Å²) >= 11 is 0. The van der Waals surface area contributed by atoms with Crippen molar-refractivity contribution >= 4 is 5.71 Å². The fraction of sp³-hybridized carbons (Fsp3) is 0. The molecule has 0 aliphatic rings. The highest BCUT2D eigenvalue weighted by atomic mass is 16.6. The van der Waals surface area contributed by atoms with E-state index < -0.39 is 0 Å². The maximum atomic E-state index is 8.58. The molecule has 0 bridgehead atoms. The van der Waals surface area contributed by atoms with Crippen LogP contribution in [0.4, 0.5) is 0 Å². The molecule has 4 nitrogen and oxygen atoms in total. The second-order valence-electron chi connectivity index (χ2n) is 1.90. The standard InChI is InChI=1S/C8H6N3O/c1-12-11-8(6-9)7-4-2-3-5-10-7/h2-5H,1H2/b11-8+. The normalized spacial score (nSPS) is 10.5. The molecule has 0 amide bonds. The van der Waals surface area contributed by atoms with Gasteiger partial charge in [-0.25, -0.2) is 0 Å². The lowest BCUT2D eigenvalue weighted by Crippen LogP contribution is -1.99. The maximum absolute atomic E-state index is 8.58. The molecule has 0 N–H and O–H groups in total. The van der Waals surface area contributed by atoms with Gasteiger partial charge < -0.3 is 4.84 Å². The van der Waals surface area contributed by atoms with Crippen molar-refractivity contribution in [1.82, 2.24) is 4.98 Å². The van der Waals surface area contributed by atoms with Crippen LogP contribution in [0.25, 0.3) is 0 Å². The van der Waals surface area contributed by atoms with Gasteiger partial charge in [-0.2, -0.15) is 5.26 Å². The van der Waals surface area contributed by atoms with E-state index in [1.54, 1.807) is 24.4 Å². The Labute approximate surface area is 70.1 Å². The Morgan fingerprint density at radius 1 is 1.67 bits per heavy atom. The first-order valence-electron chi connectivity index (χ1n) is 3.19. The lowest BCUT2D eigenvalue weighted by Gasteiger charge is -1.93. The van der Waals surface area contributed by atoms with Crippen molar-refractivity contribution in [3.8, 4) is 6.07 Å². The zero-order valence-electron chi connectivity index (χ0n) is 6.27. The minimum atomic E-state index is 0.116. The molecule has 4 heteroatoms. The van der Waals surface area contributed by atoms with E-state index in [4.69, 9.17) is 5.26 Å². The number of hydrogen-bond donors (Lipinski definition) is 0. The Morgan fingerprint density at radius 3 is 3.00 bits per heavy atom. The van der Waals surface area contributed by atoms with Crippen molar-refractivity contribution in [2.24, 2.45) is 5.16 Å². The molecule has 0 atom stereocenters. The van der Waals surface area contributed by atoms with Gasteiger partial charge in [0.25, 0.3) is 0 Å². The molecule has 12 heavy (non-hydrogen) atoms. The second kappa shape index (κ2) is 4.09. The van der Waals surface area contributed by atoms with E-state index in [0.717, 1.165) is 0 Å². The van der Waals surface area contributed by atoms with Crippen LogP contribution in [0.1, 0.15) is 5.69 Å². The molecule has 0 spiro atoms. The van der Waals surface area contributed by atoms with E-state index in [2.05, 4.69) is 22.1 Å². The molecule has 1 rings (SSSR count). The lowest BCUT2D eigenvalue weighted by atomic mass is 10.2. The number of nitriles is 1. The van der Waals surface area contributed by atoms with Crippen molar-refractivity contribution in [2.45, 2.75) is 0 Å². The van der Waals surface area contributed by atoms with Gasteiger partial charge in [0.2, 0.25) is 5.71 Å². The average Bonchev–Trinajstić information content (AvgIpc) is 2.15. The molecule has 1 aromatic heterocycles. The van der Waals surface area contributed by atoms with Crippen LogP contribution in [0, 0.1) is 18.4 Å². The number of nitrogens with zero attached hydrogens (tertiary/aromatic N) is 3. The third-order valence-electron chi connectivity index (χ3n) is 1.17. The van der Waals surface area contributed by atoms with Crippen molar-refractivity contribution in [3.63, 3.8) is 0 Å². The van der Waals surface area contributed by atoms with Crippen LogP contribution in [0.3, 0.4) is 0 Å². The van der Waals surface area contributed by atoms with Gasteiger partial charge in [0.05, 0.1) is 0 Å². The summed E-state index contributed by atoms with van der Waals surface area (Å²) < 4.78 is 0. The highest BCUT2D eigenvalue weighted by Crippen LogP contribution is 1.95. The van der Waals surface area contributed by atoms with Crippen LogP contribution in [-0.4, -0.2) is 10.7 Å². The molecule has 0 aromatic carbocycles. The van der Waals surface area contributed by atoms with Gasteiger partial charge in [0.1, 0.15) is 11.8 Å². The molecule has 1 aromatic rings. The van der Waals surface area contributed by atoms with E-state index in [1.807, 2.05) is 6.07 Å². The molecular formula is C8H6N3O. The molecule has 0 aliphatic carbocycles. The van der Waals surface area contributed by atoms with E-state index in [0.29, 0.717) is 5.69 Å². The topological polar surface area (TPSA) is 58.3 Å². The van der Waals surface area contributed by atoms with Crippen molar-refractivity contribution in [2.75, 3.05) is 0 Å². The van der Waals surface area contributed by atoms with Crippen LogP contribution in [0.2, 0.25) is 0 Å².